The zero-order valence-corrected chi connectivity index (χ0v) is 23.6. The molecular formula is C35H35NO5. The smallest absolute Gasteiger partial charge is 0.341 e. The van der Waals surface area contributed by atoms with Crippen LogP contribution in [0.3, 0.4) is 0 Å². The zero-order chi connectivity index (χ0) is 29.0. The number of carbonyl (C=O) groups is 2. The van der Waals surface area contributed by atoms with Gasteiger partial charge in [-0.25, -0.2) is 4.79 Å². The van der Waals surface area contributed by atoms with E-state index in [4.69, 9.17) is 19.6 Å². The maximum absolute atomic E-state index is 12.6. The van der Waals surface area contributed by atoms with Crippen LogP contribution < -0.4 is 5.73 Å². The van der Waals surface area contributed by atoms with Gasteiger partial charge in [-0.2, -0.15) is 0 Å². The van der Waals surface area contributed by atoms with Crippen LogP contribution in [-0.4, -0.2) is 17.5 Å². The van der Waals surface area contributed by atoms with E-state index in [1.54, 1.807) is 6.07 Å². The number of ether oxygens (including phenoxy) is 2. The van der Waals surface area contributed by atoms with Crippen molar-refractivity contribution in [2.45, 2.75) is 51.9 Å². The summed E-state index contributed by atoms with van der Waals surface area (Å²) in [6.45, 7) is 6.00. The molecule has 0 amide bonds. The van der Waals surface area contributed by atoms with Crippen LogP contribution in [0.5, 0.6) is 0 Å². The molecule has 0 radical (unpaired) electrons. The second-order valence-electron chi connectivity index (χ2n) is 11.4. The van der Waals surface area contributed by atoms with Crippen LogP contribution in [0.2, 0.25) is 0 Å². The van der Waals surface area contributed by atoms with E-state index in [2.05, 4.69) is 48.5 Å². The number of hydrogen-bond donors (Lipinski definition) is 1. The highest BCUT2D eigenvalue weighted by molar-refractivity contribution is 6.09. The highest BCUT2D eigenvalue weighted by Gasteiger charge is 2.33. The molecule has 2 atom stereocenters. The molecule has 41 heavy (non-hydrogen) atoms. The molecule has 2 N–H and O–H groups in total. The van der Waals surface area contributed by atoms with E-state index in [1.807, 2.05) is 51.1 Å². The molecule has 0 fully saturated rings. The van der Waals surface area contributed by atoms with E-state index >= 15 is 0 Å². The second-order valence-corrected chi connectivity index (χ2v) is 11.4. The number of esters is 2. The summed E-state index contributed by atoms with van der Waals surface area (Å²) in [5.41, 5.74) is 9.72. The van der Waals surface area contributed by atoms with Crippen LogP contribution in [0.4, 0.5) is 0 Å². The van der Waals surface area contributed by atoms with Gasteiger partial charge in [0.15, 0.2) is 0 Å². The molecule has 1 aliphatic rings. The van der Waals surface area contributed by atoms with Gasteiger partial charge in [-0.15, -0.1) is 0 Å². The van der Waals surface area contributed by atoms with Crippen molar-refractivity contribution < 1.29 is 23.5 Å². The Morgan fingerprint density at radius 3 is 2.34 bits per heavy atom. The minimum atomic E-state index is -0.476. The van der Waals surface area contributed by atoms with Crippen molar-refractivity contribution in [2.75, 3.05) is 0 Å². The minimum absolute atomic E-state index is 0.132. The summed E-state index contributed by atoms with van der Waals surface area (Å²) in [7, 11) is 0. The maximum atomic E-state index is 12.6. The highest BCUT2D eigenvalue weighted by atomic mass is 16.6. The number of carbonyl (C=O) groups excluding carboxylic acids is 2. The van der Waals surface area contributed by atoms with Gasteiger partial charge in [0.2, 0.25) is 0 Å². The van der Waals surface area contributed by atoms with Gasteiger partial charge < -0.3 is 19.6 Å². The van der Waals surface area contributed by atoms with Crippen molar-refractivity contribution in [1.29, 1.82) is 0 Å². The summed E-state index contributed by atoms with van der Waals surface area (Å²) in [5, 5.41) is 4.88. The molecule has 1 aromatic heterocycles. The molecule has 4 aromatic carbocycles. The summed E-state index contributed by atoms with van der Waals surface area (Å²) >= 11 is 0. The lowest BCUT2D eigenvalue weighted by Crippen LogP contribution is -2.34. The van der Waals surface area contributed by atoms with Crippen molar-refractivity contribution in [2.24, 2.45) is 11.7 Å². The van der Waals surface area contributed by atoms with Crippen molar-refractivity contribution in [3.63, 3.8) is 0 Å². The maximum Gasteiger partial charge on any atom is 0.341 e. The minimum Gasteiger partial charge on any atom is -0.472 e. The van der Waals surface area contributed by atoms with Gasteiger partial charge in [0, 0.05) is 6.04 Å². The third kappa shape index (κ3) is 6.67. The Hall–Kier alpha value is -4.42. The number of nitrogens with two attached hydrogens (primary N) is 1. The molecule has 0 saturated carbocycles. The van der Waals surface area contributed by atoms with E-state index < -0.39 is 5.60 Å². The molecule has 1 aliphatic carbocycles. The summed E-state index contributed by atoms with van der Waals surface area (Å²) < 4.78 is 15.5. The van der Waals surface area contributed by atoms with Crippen molar-refractivity contribution in [3.8, 4) is 0 Å². The lowest BCUT2D eigenvalue weighted by molar-refractivity contribution is -0.160. The molecule has 6 nitrogen and oxygen atoms in total. The number of hydrogen-bond acceptors (Lipinski definition) is 6. The molecule has 5 aromatic rings. The fourth-order valence-electron chi connectivity index (χ4n) is 5.26. The van der Waals surface area contributed by atoms with Gasteiger partial charge in [-0.05, 0) is 77.9 Å². The van der Waals surface area contributed by atoms with Crippen LogP contribution in [-0.2, 0) is 27.3 Å². The summed E-state index contributed by atoms with van der Waals surface area (Å²) in [4.78, 5) is 24.0. The van der Waals surface area contributed by atoms with E-state index in [-0.39, 0.29) is 30.5 Å². The zero-order valence-electron chi connectivity index (χ0n) is 23.6. The molecule has 0 spiro atoms. The van der Waals surface area contributed by atoms with E-state index in [9.17, 15) is 9.59 Å². The highest BCUT2D eigenvalue weighted by Crippen LogP contribution is 2.39. The molecular weight excluding hydrogens is 514 g/mol. The van der Waals surface area contributed by atoms with Crippen LogP contribution in [0.25, 0.3) is 21.5 Å². The van der Waals surface area contributed by atoms with Gasteiger partial charge in [0.25, 0.3) is 0 Å². The predicted molar refractivity (Wildman–Crippen MR) is 160 cm³/mol. The van der Waals surface area contributed by atoms with Gasteiger partial charge in [0.05, 0.1) is 17.7 Å². The van der Waals surface area contributed by atoms with Gasteiger partial charge in [-0.1, -0.05) is 78.9 Å². The molecule has 2 unspecified atom stereocenters. The summed E-state index contributed by atoms with van der Waals surface area (Å²) in [5.74, 6) is -0.696. The van der Waals surface area contributed by atoms with Gasteiger partial charge in [-0.3, -0.25) is 4.79 Å². The Labute approximate surface area is 240 Å². The Balaban J connectivity index is 0.000000191. The lowest BCUT2D eigenvalue weighted by atomic mass is 9.78. The first-order valence-electron chi connectivity index (χ1n) is 13.8. The fourth-order valence-corrected chi connectivity index (χ4v) is 5.26. The Bertz CT molecular complexity index is 1650. The van der Waals surface area contributed by atoms with Crippen LogP contribution in [0.15, 0.2) is 102 Å². The largest absolute Gasteiger partial charge is 0.472 e. The van der Waals surface area contributed by atoms with Crippen molar-refractivity contribution in [1.82, 2.24) is 0 Å². The topological polar surface area (TPSA) is 91.8 Å². The Morgan fingerprint density at radius 2 is 1.61 bits per heavy atom. The average Bonchev–Trinajstić information content (AvgIpc) is 3.51. The first kappa shape index (κ1) is 28.1. The SMILES string of the molecule is CC(C)(C)OC(=O)C1Cc2c(ccc3c2ccc2ccccc23)C(N)C1.O=C(OCc1ccccc1)c1ccoc1. The first-order valence-corrected chi connectivity index (χ1v) is 13.8. The van der Waals surface area contributed by atoms with Gasteiger partial charge >= 0.3 is 11.9 Å². The van der Waals surface area contributed by atoms with E-state index in [1.165, 1.54) is 39.6 Å². The monoisotopic (exact) mass is 549 g/mol. The number of rotatable bonds is 4. The molecule has 210 valence electrons. The van der Waals surface area contributed by atoms with Crippen LogP contribution in [0.1, 0.15) is 60.3 Å². The van der Waals surface area contributed by atoms with Crippen molar-refractivity contribution in [3.05, 3.63) is 120 Å². The third-order valence-electron chi connectivity index (χ3n) is 7.17. The average molecular weight is 550 g/mol. The number of fused-ring (bicyclic) bond motifs is 5. The fraction of sp³-hybridized carbons (Fsp3) is 0.257. The molecule has 6 heteroatoms. The quantitative estimate of drug-likeness (QED) is 0.184. The number of benzene rings is 4. The van der Waals surface area contributed by atoms with Crippen molar-refractivity contribution >= 4 is 33.5 Å². The van der Waals surface area contributed by atoms with Gasteiger partial charge in [0.1, 0.15) is 18.5 Å². The summed E-state index contributed by atoms with van der Waals surface area (Å²) in [6.07, 6.45) is 4.14. The Kier molecular flexibility index (Phi) is 8.22. The number of furan rings is 1. The van der Waals surface area contributed by atoms with E-state index in [0.717, 1.165) is 11.1 Å². The van der Waals surface area contributed by atoms with E-state index in [0.29, 0.717) is 18.4 Å². The van der Waals surface area contributed by atoms with Crippen LogP contribution in [0, 0.1) is 5.92 Å². The predicted octanol–water partition coefficient (Wildman–Crippen LogP) is 7.53. The molecule has 0 bridgehead atoms. The Morgan fingerprint density at radius 1 is 0.878 bits per heavy atom. The molecule has 1 heterocycles. The standard InChI is InChI=1S/C23H25NO2.C12H10O3/c1-23(2,3)26-22(25)15-12-20-18-9-8-14-6-4-5-7-16(14)17(18)10-11-19(20)21(24)13-15;13-12(11-6-7-14-9-11)15-8-10-4-2-1-3-5-10/h4-11,15,21H,12-13,24H2,1-3H3;1-7,9H,8H2. The van der Waals surface area contributed by atoms with Crippen LogP contribution >= 0.6 is 0 Å². The first-order chi connectivity index (χ1) is 19.7. The second kappa shape index (κ2) is 12.0. The molecule has 0 saturated heterocycles. The normalized spacial score (nSPS) is 16.4. The third-order valence-corrected chi connectivity index (χ3v) is 7.17. The lowest BCUT2D eigenvalue weighted by Gasteiger charge is -2.31. The summed E-state index contributed by atoms with van der Waals surface area (Å²) in [6, 6.07) is 28.0. The molecule has 0 aliphatic heterocycles. The molecule has 6 rings (SSSR count).